The fourth-order valence-electron chi connectivity index (χ4n) is 1.22. The lowest BCUT2D eigenvalue weighted by atomic mass is 10.2. The molecule has 0 amide bonds. The van der Waals surface area contributed by atoms with Crippen LogP contribution in [0.25, 0.3) is 5.69 Å². The van der Waals surface area contributed by atoms with Crippen molar-refractivity contribution in [1.29, 1.82) is 0 Å². The molecule has 1 aromatic carbocycles. The van der Waals surface area contributed by atoms with E-state index in [0.717, 1.165) is 10.3 Å². The van der Waals surface area contributed by atoms with Crippen LogP contribution in [-0.2, 0) is 0 Å². The van der Waals surface area contributed by atoms with Gasteiger partial charge in [0.05, 0.1) is 5.69 Å². The van der Waals surface area contributed by atoms with E-state index in [0.29, 0.717) is 0 Å². The Labute approximate surface area is 85.3 Å². The van der Waals surface area contributed by atoms with Gasteiger partial charge >= 0.3 is 0 Å². The molecule has 0 bridgehead atoms. The highest BCUT2D eigenvalue weighted by atomic mass is 79.9. The van der Waals surface area contributed by atoms with Crippen LogP contribution in [0.15, 0.2) is 41.1 Å². The third-order valence-corrected chi connectivity index (χ3v) is 2.25. The van der Waals surface area contributed by atoms with Gasteiger partial charge in [0, 0.05) is 6.20 Å². The first-order valence-electron chi connectivity index (χ1n) is 4.04. The van der Waals surface area contributed by atoms with Crippen LogP contribution in [0.4, 0.5) is 0 Å². The van der Waals surface area contributed by atoms with Gasteiger partial charge in [0.25, 0.3) is 0 Å². The van der Waals surface area contributed by atoms with E-state index in [1.807, 2.05) is 29.1 Å². The van der Waals surface area contributed by atoms with E-state index in [-0.39, 0.29) is 0 Å². The predicted molar refractivity (Wildman–Crippen MR) is 56.0 cm³/mol. The van der Waals surface area contributed by atoms with Gasteiger partial charge in [-0.15, -0.1) is 0 Å². The summed E-state index contributed by atoms with van der Waals surface area (Å²) in [5.74, 6) is 0. The zero-order valence-electron chi connectivity index (χ0n) is 7.24. The summed E-state index contributed by atoms with van der Waals surface area (Å²) < 4.78 is 2.70. The van der Waals surface area contributed by atoms with E-state index in [9.17, 15) is 0 Å². The van der Waals surface area contributed by atoms with Crippen molar-refractivity contribution in [1.82, 2.24) is 9.78 Å². The van der Waals surface area contributed by atoms with Crippen LogP contribution in [0.5, 0.6) is 0 Å². The molecule has 0 N–H and O–H groups in total. The molecule has 13 heavy (non-hydrogen) atoms. The van der Waals surface area contributed by atoms with E-state index in [1.54, 1.807) is 0 Å². The quantitative estimate of drug-likeness (QED) is 0.745. The molecule has 0 aliphatic rings. The minimum atomic E-state index is 0.856. The maximum Gasteiger partial charge on any atom is 0.128 e. The molecular weight excluding hydrogens is 228 g/mol. The summed E-state index contributed by atoms with van der Waals surface area (Å²) >= 11 is 3.32. The number of nitrogens with zero attached hydrogens (tertiary/aromatic N) is 2. The Morgan fingerprint density at radius 1 is 1.31 bits per heavy atom. The second-order valence-electron chi connectivity index (χ2n) is 2.92. The molecule has 3 heteroatoms. The van der Waals surface area contributed by atoms with Gasteiger partial charge in [-0.25, -0.2) is 4.68 Å². The van der Waals surface area contributed by atoms with Gasteiger partial charge in [-0.2, -0.15) is 5.10 Å². The summed E-state index contributed by atoms with van der Waals surface area (Å²) in [5, 5.41) is 4.26. The smallest absolute Gasteiger partial charge is 0.128 e. The molecule has 0 unspecified atom stereocenters. The molecule has 2 aromatic rings. The third kappa shape index (κ3) is 1.80. The molecule has 1 heterocycles. The normalized spacial score (nSPS) is 10.3. The van der Waals surface area contributed by atoms with Crippen LogP contribution in [0, 0.1) is 6.92 Å². The van der Waals surface area contributed by atoms with Crippen molar-refractivity contribution in [3.05, 3.63) is 46.7 Å². The second-order valence-corrected chi connectivity index (χ2v) is 3.73. The standard InChI is InChI=1S/C10H9BrN2/c1-8-3-2-4-9(7-8)13-6-5-10(11)12-13/h2-7H,1H3. The minimum Gasteiger partial charge on any atom is -0.240 e. The number of aromatic nitrogens is 2. The Balaban J connectivity index is 2.46. The molecule has 0 fully saturated rings. The van der Waals surface area contributed by atoms with Gasteiger partial charge < -0.3 is 0 Å². The van der Waals surface area contributed by atoms with Crippen LogP contribution in [0.2, 0.25) is 0 Å². The van der Waals surface area contributed by atoms with Crippen LogP contribution in [0.1, 0.15) is 5.56 Å². The Morgan fingerprint density at radius 3 is 2.77 bits per heavy atom. The average molecular weight is 237 g/mol. The highest BCUT2D eigenvalue weighted by molar-refractivity contribution is 9.10. The number of benzene rings is 1. The number of hydrogen-bond acceptors (Lipinski definition) is 1. The molecule has 0 atom stereocenters. The first kappa shape index (κ1) is 8.51. The summed E-state index contributed by atoms with van der Waals surface area (Å²) in [6, 6.07) is 10.1. The lowest BCUT2D eigenvalue weighted by molar-refractivity contribution is 0.869. The summed E-state index contributed by atoms with van der Waals surface area (Å²) in [5.41, 5.74) is 2.33. The zero-order chi connectivity index (χ0) is 9.26. The van der Waals surface area contributed by atoms with E-state index in [1.165, 1.54) is 5.56 Å². The molecule has 0 saturated heterocycles. The lowest BCUT2D eigenvalue weighted by Gasteiger charge is -2.01. The molecule has 0 aliphatic carbocycles. The highest BCUT2D eigenvalue weighted by Gasteiger charge is 1.97. The number of halogens is 1. The summed E-state index contributed by atoms with van der Waals surface area (Å²) in [6.45, 7) is 2.07. The first-order chi connectivity index (χ1) is 6.25. The van der Waals surface area contributed by atoms with Crippen molar-refractivity contribution in [3.63, 3.8) is 0 Å². The van der Waals surface area contributed by atoms with Gasteiger partial charge in [0.15, 0.2) is 0 Å². The Morgan fingerprint density at radius 2 is 2.15 bits per heavy atom. The SMILES string of the molecule is Cc1cccc(-n2ccc(Br)n2)c1. The molecule has 0 aliphatic heterocycles. The molecule has 0 radical (unpaired) electrons. The van der Waals surface area contributed by atoms with Gasteiger partial charge in [-0.1, -0.05) is 12.1 Å². The molecule has 0 spiro atoms. The molecule has 66 valence electrons. The zero-order valence-corrected chi connectivity index (χ0v) is 8.82. The van der Waals surface area contributed by atoms with Gasteiger partial charge in [-0.3, -0.25) is 0 Å². The van der Waals surface area contributed by atoms with Crippen LogP contribution in [0.3, 0.4) is 0 Å². The number of aryl methyl sites for hydroxylation is 1. The van der Waals surface area contributed by atoms with E-state index >= 15 is 0 Å². The van der Waals surface area contributed by atoms with E-state index in [4.69, 9.17) is 0 Å². The fraction of sp³-hybridized carbons (Fsp3) is 0.100. The first-order valence-corrected chi connectivity index (χ1v) is 4.83. The molecule has 2 rings (SSSR count). The number of rotatable bonds is 1. The van der Waals surface area contributed by atoms with E-state index in [2.05, 4.69) is 40.1 Å². The van der Waals surface area contributed by atoms with E-state index < -0.39 is 0 Å². The maximum atomic E-state index is 4.26. The topological polar surface area (TPSA) is 17.8 Å². The lowest BCUT2D eigenvalue weighted by Crippen LogP contribution is -1.94. The van der Waals surface area contributed by atoms with Crippen LogP contribution in [-0.4, -0.2) is 9.78 Å². The van der Waals surface area contributed by atoms with Crippen LogP contribution < -0.4 is 0 Å². The Bertz CT molecular complexity index is 420. The molecule has 2 nitrogen and oxygen atoms in total. The second kappa shape index (κ2) is 3.34. The molecule has 1 aromatic heterocycles. The van der Waals surface area contributed by atoms with Crippen molar-refractivity contribution in [2.24, 2.45) is 0 Å². The Kier molecular flexibility index (Phi) is 2.19. The van der Waals surface area contributed by atoms with Crippen molar-refractivity contribution < 1.29 is 0 Å². The van der Waals surface area contributed by atoms with Crippen molar-refractivity contribution in [2.75, 3.05) is 0 Å². The largest absolute Gasteiger partial charge is 0.240 e. The van der Waals surface area contributed by atoms with Crippen molar-refractivity contribution in [3.8, 4) is 5.69 Å². The molecule has 0 saturated carbocycles. The van der Waals surface area contributed by atoms with Crippen molar-refractivity contribution in [2.45, 2.75) is 6.92 Å². The van der Waals surface area contributed by atoms with Gasteiger partial charge in [0.2, 0.25) is 0 Å². The predicted octanol–water partition coefficient (Wildman–Crippen LogP) is 2.94. The summed E-state index contributed by atoms with van der Waals surface area (Å²) in [6.07, 6.45) is 1.93. The number of hydrogen-bond donors (Lipinski definition) is 0. The Hall–Kier alpha value is -1.09. The van der Waals surface area contributed by atoms with Gasteiger partial charge in [-0.05, 0) is 46.6 Å². The monoisotopic (exact) mass is 236 g/mol. The third-order valence-electron chi connectivity index (χ3n) is 1.82. The van der Waals surface area contributed by atoms with Gasteiger partial charge in [0.1, 0.15) is 4.60 Å². The summed E-state index contributed by atoms with van der Waals surface area (Å²) in [4.78, 5) is 0. The highest BCUT2D eigenvalue weighted by Crippen LogP contribution is 2.12. The molecular formula is C10H9BrN2. The minimum absolute atomic E-state index is 0.856. The van der Waals surface area contributed by atoms with Crippen LogP contribution >= 0.6 is 15.9 Å². The maximum absolute atomic E-state index is 4.26. The van der Waals surface area contributed by atoms with Crippen molar-refractivity contribution >= 4 is 15.9 Å². The summed E-state index contributed by atoms with van der Waals surface area (Å²) in [7, 11) is 0. The fourth-order valence-corrected chi connectivity index (χ4v) is 1.51. The average Bonchev–Trinajstić information content (AvgIpc) is 2.52.